The summed E-state index contributed by atoms with van der Waals surface area (Å²) in [7, 11) is 0. The van der Waals surface area contributed by atoms with E-state index < -0.39 is 18.1 Å². The summed E-state index contributed by atoms with van der Waals surface area (Å²) in [5.74, 6) is 0.741. The van der Waals surface area contributed by atoms with E-state index in [4.69, 9.17) is 21.8 Å². The van der Waals surface area contributed by atoms with Gasteiger partial charge in [-0.05, 0) is 45.8 Å². The van der Waals surface area contributed by atoms with Gasteiger partial charge in [-0.2, -0.15) is 0 Å². The Bertz CT molecular complexity index is 2440. The molecule has 0 aliphatic heterocycles. The third kappa shape index (κ3) is 3.77. The van der Waals surface area contributed by atoms with E-state index in [0.29, 0.717) is 11.6 Å². The van der Waals surface area contributed by atoms with Crippen LogP contribution in [0, 0.1) is 0 Å². The summed E-state index contributed by atoms with van der Waals surface area (Å²) in [6.07, 6.45) is 0. The number of nitrogens with zero attached hydrogens (tertiary/aromatic N) is 3. The summed E-state index contributed by atoms with van der Waals surface area (Å²) in [6, 6.07) is 30.5. The fourth-order valence-electron chi connectivity index (χ4n) is 5.13. The number of thiophene rings is 1. The smallest absolute Gasteiger partial charge is 0.164 e. The van der Waals surface area contributed by atoms with Crippen LogP contribution in [0.15, 0.2) is 127 Å². The Balaban J connectivity index is 1.45. The predicted octanol–water partition coefficient (Wildman–Crippen LogP) is 9.55. The molecule has 2 heterocycles. The van der Waals surface area contributed by atoms with Crippen molar-refractivity contribution in [2.45, 2.75) is 0 Å². The number of aromatic nitrogens is 3. The summed E-state index contributed by atoms with van der Waals surface area (Å²) >= 11 is 1.70. The summed E-state index contributed by atoms with van der Waals surface area (Å²) in [4.78, 5) is 14.5. The van der Waals surface area contributed by atoms with Gasteiger partial charge in [0.25, 0.3) is 0 Å². The van der Waals surface area contributed by atoms with Gasteiger partial charge >= 0.3 is 0 Å². The molecule has 0 atom stereocenters. The quantitative estimate of drug-likeness (QED) is 0.233. The zero-order valence-electron chi connectivity index (χ0n) is 25.5. The van der Waals surface area contributed by atoms with Crippen LogP contribution in [0.3, 0.4) is 0 Å². The molecule has 4 heteroatoms. The lowest BCUT2D eigenvalue weighted by atomic mass is 10.0. The van der Waals surface area contributed by atoms with Crippen molar-refractivity contribution >= 4 is 53.1 Å². The first kappa shape index (κ1) is 17.6. The molecule has 0 N–H and O–H groups in total. The van der Waals surface area contributed by atoms with Crippen molar-refractivity contribution in [3.8, 4) is 34.2 Å². The average molecular weight is 521 g/mol. The van der Waals surface area contributed by atoms with Crippen LogP contribution < -0.4 is 0 Å². The molecule has 8 rings (SSSR count). The van der Waals surface area contributed by atoms with Crippen LogP contribution in [0.25, 0.3) is 75.9 Å². The molecule has 0 aliphatic rings. The first-order chi connectivity index (χ1) is 21.4. The Morgan fingerprint density at radius 3 is 1.97 bits per heavy atom. The molecule has 0 saturated heterocycles. The minimum Gasteiger partial charge on any atom is -0.208 e. The molecule has 0 aliphatic carbocycles. The maximum Gasteiger partial charge on any atom is 0.164 e. The molecule has 0 bridgehead atoms. The summed E-state index contributed by atoms with van der Waals surface area (Å²) in [5, 5.41) is 6.45. The van der Waals surface area contributed by atoms with Crippen molar-refractivity contribution in [3.63, 3.8) is 0 Å². The topological polar surface area (TPSA) is 38.7 Å². The third-order valence-electron chi connectivity index (χ3n) is 6.97. The van der Waals surface area contributed by atoms with Gasteiger partial charge in [-0.25, -0.2) is 15.0 Å². The second kappa shape index (κ2) is 8.83. The molecule has 0 saturated carbocycles. The van der Waals surface area contributed by atoms with E-state index in [9.17, 15) is 0 Å². The molecule has 0 unspecified atom stereocenters. The van der Waals surface area contributed by atoms with E-state index in [1.807, 2.05) is 66.7 Å². The lowest BCUT2D eigenvalue weighted by Crippen LogP contribution is -2.00. The van der Waals surface area contributed by atoms with Gasteiger partial charge in [0.1, 0.15) is 0 Å². The minimum absolute atomic E-state index is 0.0251. The average Bonchev–Trinajstić information content (AvgIpc) is 3.42. The van der Waals surface area contributed by atoms with E-state index >= 15 is 0 Å². The fourth-order valence-corrected chi connectivity index (χ4v) is 6.29. The standard InChI is InChI=1S/C35H21N3S/c1-2-10-23(11-3-1)33-36-34(27-18-17-22-9-4-5-12-24(22)19-27)38-35(37-33)28-15-8-16-30-32(28)29-20-25-13-6-7-14-26(25)21-31(29)39-30/h1-21H/i1D,2D,3D,10D,11D. The number of hydrogen-bond donors (Lipinski definition) is 0. The van der Waals surface area contributed by atoms with Crippen LogP contribution in [-0.4, -0.2) is 15.0 Å². The molecular weight excluding hydrogens is 494 g/mol. The second-order valence-electron chi connectivity index (χ2n) is 9.34. The lowest BCUT2D eigenvalue weighted by molar-refractivity contribution is 1.08. The normalized spacial score (nSPS) is 13.4. The van der Waals surface area contributed by atoms with Crippen molar-refractivity contribution in [1.29, 1.82) is 0 Å². The Labute approximate surface area is 236 Å². The Morgan fingerprint density at radius 1 is 0.513 bits per heavy atom. The predicted molar refractivity (Wildman–Crippen MR) is 164 cm³/mol. The largest absolute Gasteiger partial charge is 0.208 e. The first-order valence-electron chi connectivity index (χ1n) is 15.0. The molecule has 8 aromatic rings. The first-order valence-corrected chi connectivity index (χ1v) is 13.4. The van der Waals surface area contributed by atoms with E-state index in [2.05, 4.69) is 30.3 Å². The fraction of sp³-hybridized carbons (Fsp3) is 0. The van der Waals surface area contributed by atoms with Gasteiger partial charge in [-0.3, -0.25) is 0 Å². The van der Waals surface area contributed by atoms with E-state index in [1.54, 1.807) is 11.3 Å². The van der Waals surface area contributed by atoms with Crippen LogP contribution in [-0.2, 0) is 0 Å². The molecule has 0 radical (unpaired) electrons. The van der Waals surface area contributed by atoms with Crippen molar-refractivity contribution in [2.75, 3.05) is 0 Å². The van der Waals surface area contributed by atoms with Crippen LogP contribution in [0.1, 0.15) is 6.85 Å². The summed E-state index contributed by atoms with van der Waals surface area (Å²) < 4.78 is 44.2. The number of rotatable bonds is 3. The van der Waals surface area contributed by atoms with Crippen LogP contribution in [0.5, 0.6) is 0 Å². The highest BCUT2D eigenvalue weighted by Crippen LogP contribution is 2.41. The highest BCUT2D eigenvalue weighted by molar-refractivity contribution is 7.26. The molecule has 3 nitrogen and oxygen atoms in total. The maximum absolute atomic E-state index is 8.65. The molecule has 2 aromatic heterocycles. The van der Waals surface area contributed by atoms with Crippen LogP contribution >= 0.6 is 11.3 Å². The highest BCUT2D eigenvalue weighted by atomic mass is 32.1. The minimum atomic E-state index is -0.463. The summed E-state index contributed by atoms with van der Waals surface area (Å²) in [6.45, 7) is 0. The Hall–Kier alpha value is -4.93. The van der Waals surface area contributed by atoms with Crippen molar-refractivity contribution in [2.24, 2.45) is 0 Å². The van der Waals surface area contributed by atoms with Gasteiger partial charge in [0.15, 0.2) is 17.5 Å². The highest BCUT2D eigenvalue weighted by Gasteiger charge is 2.17. The van der Waals surface area contributed by atoms with Gasteiger partial charge < -0.3 is 0 Å². The molecule has 39 heavy (non-hydrogen) atoms. The molecule has 0 fully saturated rings. The summed E-state index contributed by atoms with van der Waals surface area (Å²) in [5.41, 5.74) is 1.45. The molecular formula is C35H21N3S. The van der Waals surface area contributed by atoms with Gasteiger partial charge in [0.05, 0.1) is 6.85 Å². The number of hydrogen-bond acceptors (Lipinski definition) is 4. The Kier molecular flexibility index (Phi) is 3.97. The number of benzene rings is 6. The SMILES string of the molecule is [2H]c1c([2H])c([2H])c(-c2nc(-c3ccc4ccccc4c3)nc(-c3cccc4sc5cc6ccccc6cc5c34)n2)c([2H])c1[2H]. The van der Waals surface area contributed by atoms with E-state index in [0.717, 1.165) is 52.8 Å². The lowest BCUT2D eigenvalue weighted by Gasteiger charge is -2.10. The third-order valence-corrected chi connectivity index (χ3v) is 8.09. The van der Waals surface area contributed by atoms with Crippen LogP contribution in [0.4, 0.5) is 0 Å². The molecule has 6 aromatic carbocycles. The van der Waals surface area contributed by atoms with Gasteiger partial charge in [0, 0.05) is 36.9 Å². The van der Waals surface area contributed by atoms with Gasteiger partial charge in [0.2, 0.25) is 0 Å². The van der Waals surface area contributed by atoms with Crippen molar-refractivity contribution in [3.05, 3.63) is 127 Å². The van der Waals surface area contributed by atoms with E-state index in [1.165, 1.54) is 0 Å². The number of fused-ring (bicyclic) bond motifs is 5. The van der Waals surface area contributed by atoms with Crippen LogP contribution in [0.2, 0.25) is 0 Å². The maximum atomic E-state index is 8.65. The van der Waals surface area contributed by atoms with Gasteiger partial charge in [-0.1, -0.05) is 103 Å². The zero-order chi connectivity index (χ0) is 30.1. The second-order valence-corrected chi connectivity index (χ2v) is 10.4. The van der Waals surface area contributed by atoms with E-state index in [-0.39, 0.29) is 23.5 Å². The zero-order valence-corrected chi connectivity index (χ0v) is 21.3. The molecule has 182 valence electrons. The molecule has 0 amide bonds. The van der Waals surface area contributed by atoms with Gasteiger partial charge in [-0.15, -0.1) is 11.3 Å². The van der Waals surface area contributed by atoms with Crippen molar-refractivity contribution < 1.29 is 6.85 Å². The Morgan fingerprint density at radius 2 is 1.18 bits per heavy atom. The monoisotopic (exact) mass is 520 g/mol. The molecule has 0 spiro atoms. The van der Waals surface area contributed by atoms with Crippen molar-refractivity contribution in [1.82, 2.24) is 15.0 Å².